The van der Waals surface area contributed by atoms with Crippen LogP contribution in [0.5, 0.6) is 23.0 Å². The monoisotopic (exact) mass is 720 g/mol. The quantitative estimate of drug-likeness (QED) is 0.0427. The molecule has 0 spiro atoms. The molecule has 0 saturated heterocycles. The normalized spacial score (nSPS) is 12.3. The molecule has 1 aliphatic rings. The van der Waals surface area contributed by atoms with Crippen molar-refractivity contribution < 1.29 is 47.6 Å². The molecule has 0 amide bonds. The van der Waals surface area contributed by atoms with Crippen LogP contribution in [0.25, 0.3) is 16.8 Å². The maximum atomic E-state index is 13.1. The molecular weight excluding hydrogens is 676 g/mol. The molecule has 0 aliphatic heterocycles. The lowest BCUT2D eigenvalue weighted by molar-refractivity contribution is -0.139. The first-order valence-electron chi connectivity index (χ1n) is 17.7. The Morgan fingerprint density at radius 1 is 0.736 bits per heavy atom. The minimum atomic E-state index is -0.618. The van der Waals surface area contributed by atoms with Crippen LogP contribution in [-0.2, 0) is 19.1 Å². The van der Waals surface area contributed by atoms with Gasteiger partial charge in [0.15, 0.2) is 11.5 Å². The molecule has 1 fully saturated rings. The Balaban J connectivity index is 1.10. The van der Waals surface area contributed by atoms with Gasteiger partial charge < -0.3 is 28.4 Å². The van der Waals surface area contributed by atoms with E-state index in [9.17, 15) is 19.2 Å². The summed E-state index contributed by atoms with van der Waals surface area (Å²) in [6.07, 6.45) is 8.73. The zero-order valence-electron chi connectivity index (χ0n) is 30.3. The summed E-state index contributed by atoms with van der Waals surface area (Å²) < 4.78 is 33.0. The van der Waals surface area contributed by atoms with Crippen LogP contribution in [0.3, 0.4) is 0 Å². The number of aryl methyl sites for hydroxylation is 1. The predicted molar refractivity (Wildman–Crippen MR) is 200 cm³/mol. The van der Waals surface area contributed by atoms with Crippen molar-refractivity contribution in [3.63, 3.8) is 0 Å². The average molecular weight is 721 g/mol. The smallest absolute Gasteiger partial charge is 0.343 e. The molecule has 0 heterocycles. The Hall–Kier alpha value is -5.90. The van der Waals surface area contributed by atoms with E-state index in [1.807, 2.05) is 24.3 Å². The molecule has 5 rings (SSSR count). The van der Waals surface area contributed by atoms with Gasteiger partial charge in [-0.05, 0) is 141 Å². The van der Waals surface area contributed by atoms with E-state index in [-0.39, 0.29) is 17.3 Å². The largest absolute Gasteiger partial charge is 0.494 e. The first-order valence-corrected chi connectivity index (χ1v) is 17.7. The minimum absolute atomic E-state index is 0.210. The fourth-order valence-electron chi connectivity index (χ4n) is 5.25. The number of carbonyl (C=O) groups excluding carboxylic acids is 4. The van der Waals surface area contributed by atoms with Gasteiger partial charge in [0, 0.05) is 11.6 Å². The molecular formula is C43H44O10. The van der Waals surface area contributed by atoms with E-state index in [2.05, 4.69) is 6.58 Å². The number of hydrogen-bond donors (Lipinski definition) is 0. The molecule has 276 valence electrons. The summed E-state index contributed by atoms with van der Waals surface area (Å²) in [4.78, 5) is 49.5. The number of ether oxygens (including phenoxy) is 6. The minimum Gasteiger partial charge on any atom is -0.494 e. The molecule has 53 heavy (non-hydrogen) atoms. The fourth-order valence-corrected chi connectivity index (χ4v) is 5.25. The molecule has 4 aromatic rings. The van der Waals surface area contributed by atoms with Crippen LogP contribution in [0.1, 0.15) is 77.3 Å². The number of unbranched alkanes of at least 4 members (excludes halogenated alkanes) is 3. The average Bonchev–Trinajstić information content (AvgIpc) is 3.99. The zero-order valence-corrected chi connectivity index (χ0v) is 30.3. The highest BCUT2D eigenvalue weighted by Crippen LogP contribution is 2.31. The van der Waals surface area contributed by atoms with Crippen molar-refractivity contribution in [3.8, 4) is 23.0 Å². The third-order valence-electron chi connectivity index (χ3n) is 8.51. The lowest BCUT2D eigenvalue weighted by atomic mass is 10.1. The van der Waals surface area contributed by atoms with E-state index in [0.717, 1.165) is 55.0 Å². The van der Waals surface area contributed by atoms with Crippen molar-refractivity contribution in [2.24, 2.45) is 5.92 Å². The zero-order chi connectivity index (χ0) is 37.7. The molecule has 0 N–H and O–H groups in total. The van der Waals surface area contributed by atoms with Gasteiger partial charge in [-0.25, -0.2) is 19.2 Å². The van der Waals surface area contributed by atoms with E-state index >= 15 is 0 Å². The molecule has 0 unspecified atom stereocenters. The second kappa shape index (κ2) is 18.5. The number of hydrogen-bond acceptors (Lipinski definition) is 10. The molecule has 0 atom stereocenters. The van der Waals surface area contributed by atoms with Crippen molar-refractivity contribution in [2.45, 2.75) is 52.4 Å². The van der Waals surface area contributed by atoms with E-state index in [4.69, 9.17) is 28.4 Å². The van der Waals surface area contributed by atoms with E-state index < -0.39 is 17.9 Å². The highest BCUT2D eigenvalue weighted by Gasteiger charge is 2.22. The molecule has 1 saturated carbocycles. The Labute approximate surface area is 309 Å². The standard InChI is InChI=1S/C43H44O10/c1-28(2)41(45)50-22-8-6-5-7-21-49-36-17-15-32-25-35(14-13-33(32)26-36)43(47)52-37-19-16-34(23-29(37)3)42(46)53-38-18-11-30(24-39(38)48-4)12-20-40(44)51-27-31-9-10-31/h11-20,23-26,31H,1,5-10,21-22,27H2,2-4H3/b20-12+. The summed E-state index contributed by atoms with van der Waals surface area (Å²) in [7, 11) is 1.46. The van der Waals surface area contributed by atoms with Crippen LogP contribution in [0.2, 0.25) is 0 Å². The molecule has 10 nitrogen and oxygen atoms in total. The lowest BCUT2D eigenvalue weighted by Gasteiger charge is -2.12. The summed E-state index contributed by atoms with van der Waals surface area (Å²) in [6.45, 7) is 8.34. The van der Waals surface area contributed by atoms with Gasteiger partial charge in [0.2, 0.25) is 0 Å². The SMILES string of the molecule is C=C(C)C(=O)OCCCCCCOc1ccc2cc(C(=O)Oc3ccc(C(=O)Oc4ccc(/C=C/C(=O)OCC5CC5)cc4OC)cc3C)ccc2c1. The lowest BCUT2D eigenvalue weighted by Crippen LogP contribution is -2.12. The van der Waals surface area contributed by atoms with Gasteiger partial charge in [-0.15, -0.1) is 0 Å². The van der Waals surface area contributed by atoms with Crippen LogP contribution in [0.15, 0.2) is 91.0 Å². The third kappa shape index (κ3) is 11.6. The fraction of sp³-hybridized carbons (Fsp3) is 0.302. The number of methoxy groups -OCH3 is 1. The molecule has 1 aliphatic carbocycles. The maximum Gasteiger partial charge on any atom is 0.343 e. The first-order chi connectivity index (χ1) is 25.6. The summed E-state index contributed by atoms with van der Waals surface area (Å²) in [5, 5.41) is 1.78. The first kappa shape index (κ1) is 38.3. The van der Waals surface area contributed by atoms with Gasteiger partial charge in [-0.3, -0.25) is 0 Å². The Morgan fingerprint density at radius 3 is 2.11 bits per heavy atom. The van der Waals surface area contributed by atoms with Crippen molar-refractivity contribution >= 4 is 40.7 Å². The van der Waals surface area contributed by atoms with Gasteiger partial charge in [-0.1, -0.05) is 24.8 Å². The van der Waals surface area contributed by atoms with Gasteiger partial charge in [0.25, 0.3) is 0 Å². The number of carbonyl (C=O) groups is 4. The number of rotatable bonds is 18. The summed E-state index contributed by atoms with van der Waals surface area (Å²) in [5.74, 6) is 0.147. The summed E-state index contributed by atoms with van der Waals surface area (Å²) in [6, 6.07) is 20.6. The van der Waals surface area contributed by atoms with Crippen LogP contribution in [0.4, 0.5) is 0 Å². The van der Waals surface area contributed by atoms with E-state index in [1.165, 1.54) is 19.3 Å². The van der Waals surface area contributed by atoms with Gasteiger partial charge in [0.05, 0.1) is 38.1 Å². The number of esters is 4. The predicted octanol–water partition coefficient (Wildman–Crippen LogP) is 8.62. The van der Waals surface area contributed by atoms with Gasteiger partial charge in [-0.2, -0.15) is 0 Å². The summed E-state index contributed by atoms with van der Waals surface area (Å²) >= 11 is 0. The molecule has 0 aromatic heterocycles. The van der Waals surface area contributed by atoms with Crippen LogP contribution >= 0.6 is 0 Å². The van der Waals surface area contributed by atoms with Crippen LogP contribution in [0, 0.1) is 12.8 Å². The molecule has 0 radical (unpaired) electrons. The number of fused-ring (bicyclic) bond motifs is 1. The second-order valence-electron chi connectivity index (χ2n) is 13.0. The third-order valence-corrected chi connectivity index (χ3v) is 8.51. The number of benzene rings is 4. The van der Waals surface area contributed by atoms with Crippen LogP contribution in [-0.4, -0.2) is 50.8 Å². The Bertz CT molecular complexity index is 2010. The Morgan fingerprint density at radius 2 is 1.40 bits per heavy atom. The molecule has 4 aromatic carbocycles. The maximum absolute atomic E-state index is 13.1. The van der Waals surface area contributed by atoms with Crippen molar-refractivity contribution in [1.29, 1.82) is 0 Å². The second-order valence-corrected chi connectivity index (χ2v) is 13.0. The topological polar surface area (TPSA) is 124 Å². The van der Waals surface area contributed by atoms with Crippen molar-refractivity contribution in [1.82, 2.24) is 0 Å². The summed E-state index contributed by atoms with van der Waals surface area (Å²) in [5.41, 5.74) is 2.29. The van der Waals surface area contributed by atoms with E-state index in [0.29, 0.717) is 59.5 Å². The van der Waals surface area contributed by atoms with Crippen molar-refractivity contribution in [3.05, 3.63) is 113 Å². The van der Waals surface area contributed by atoms with Gasteiger partial charge in [0.1, 0.15) is 11.5 Å². The van der Waals surface area contributed by atoms with Crippen LogP contribution < -0.4 is 18.9 Å². The van der Waals surface area contributed by atoms with E-state index in [1.54, 1.807) is 62.4 Å². The Kier molecular flexibility index (Phi) is 13.4. The molecule has 10 heteroatoms. The molecule has 0 bridgehead atoms. The highest BCUT2D eigenvalue weighted by molar-refractivity contribution is 5.97. The highest BCUT2D eigenvalue weighted by atomic mass is 16.6. The van der Waals surface area contributed by atoms with Gasteiger partial charge >= 0.3 is 23.9 Å². The van der Waals surface area contributed by atoms with Crippen molar-refractivity contribution in [2.75, 3.05) is 26.9 Å².